The van der Waals surface area contributed by atoms with Gasteiger partial charge in [-0.2, -0.15) is 0 Å². The summed E-state index contributed by atoms with van der Waals surface area (Å²) in [4.78, 5) is 15.7. The number of aliphatic hydroxyl groups is 1. The first kappa shape index (κ1) is 12.6. The highest BCUT2D eigenvalue weighted by Crippen LogP contribution is 2.09. The van der Waals surface area contributed by atoms with Crippen LogP contribution in [0.25, 0.3) is 0 Å². The van der Waals surface area contributed by atoms with Gasteiger partial charge in [-0.1, -0.05) is 6.92 Å². The molecule has 3 N–H and O–H groups in total. The van der Waals surface area contributed by atoms with E-state index in [4.69, 9.17) is 0 Å². The summed E-state index contributed by atoms with van der Waals surface area (Å²) in [6.45, 7) is 7.02. The van der Waals surface area contributed by atoms with Crippen molar-refractivity contribution in [3.63, 3.8) is 0 Å². The van der Waals surface area contributed by atoms with Gasteiger partial charge in [0.2, 0.25) is 5.82 Å². The number of aryl methyl sites for hydroxylation is 1. The molecule has 0 aliphatic carbocycles. The molecule has 1 atom stereocenters. The standard InChI is InChI=1S/C10H18N4O2/c1-5-7-11-8(14-13-7)9(16)12-10(3,4)6(2)15/h6,15H,5H2,1-4H3,(H,12,16)(H,11,13,14). The highest BCUT2D eigenvalue weighted by Gasteiger charge is 2.27. The maximum atomic E-state index is 11.7. The normalized spacial score (nSPS) is 13.6. The molecule has 1 aromatic rings. The van der Waals surface area contributed by atoms with Gasteiger partial charge in [-0.05, 0) is 20.8 Å². The summed E-state index contributed by atoms with van der Waals surface area (Å²) in [6, 6.07) is 0. The Hall–Kier alpha value is -1.43. The number of rotatable bonds is 4. The fraction of sp³-hybridized carbons (Fsp3) is 0.700. The third-order valence-electron chi connectivity index (χ3n) is 2.55. The van der Waals surface area contributed by atoms with E-state index < -0.39 is 11.6 Å². The SMILES string of the molecule is CCc1nc(C(=O)NC(C)(C)C(C)O)n[nH]1. The van der Waals surface area contributed by atoms with Crippen molar-refractivity contribution in [2.24, 2.45) is 0 Å². The topological polar surface area (TPSA) is 90.9 Å². The maximum absolute atomic E-state index is 11.7. The fourth-order valence-corrected chi connectivity index (χ4v) is 1.01. The first-order chi connectivity index (χ1) is 7.36. The van der Waals surface area contributed by atoms with Crippen molar-refractivity contribution in [3.8, 4) is 0 Å². The lowest BCUT2D eigenvalue weighted by molar-refractivity contribution is 0.0701. The molecule has 0 spiro atoms. The number of hydrogen-bond acceptors (Lipinski definition) is 4. The number of aliphatic hydroxyl groups excluding tert-OH is 1. The quantitative estimate of drug-likeness (QED) is 0.686. The van der Waals surface area contributed by atoms with Crippen LogP contribution < -0.4 is 5.32 Å². The molecular weight excluding hydrogens is 208 g/mol. The molecule has 6 nitrogen and oxygen atoms in total. The monoisotopic (exact) mass is 226 g/mol. The molecule has 90 valence electrons. The summed E-state index contributed by atoms with van der Waals surface area (Å²) in [5.74, 6) is 0.382. The Morgan fingerprint density at radius 1 is 1.62 bits per heavy atom. The van der Waals surface area contributed by atoms with Gasteiger partial charge in [0, 0.05) is 6.42 Å². The lowest BCUT2D eigenvalue weighted by atomic mass is 9.99. The van der Waals surface area contributed by atoms with Gasteiger partial charge in [0.05, 0.1) is 11.6 Å². The molecule has 0 saturated carbocycles. The second-order valence-corrected chi connectivity index (χ2v) is 4.31. The van der Waals surface area contributed by atoms with Crippen molar-refractivity contribution in [1.82, 2.24) is 20.5 Å². The summed E-state index contributed by atoms with van der Waals surface area (Å²) in [5.41, 5.74) is -0.704. The lowest BCUT2D eigenvalue weighted by Gasteiger charge is -2.28. The number of nitrogens with zero attached hydrogens (tertiary/aromatic N) is 2. The van der Waals surface area contributed by atoms with Gasteiger partial charge in [0.15, 0.2) is 0 Å². The highest BCUT2D eigenvalue weighted by atomic mass is 16.3. The second kappa shape index (κ2) is 4.61. The van der Waals surface area contributed by atoms with E-state index in [-0.39, 0.29) is 11.7 Å². The molecule has 0 bridgehead atoms. The van der Waals surface area contributed by atoms with Gasteiger partial charge in [0.25, 0.3) is 5.91 Å². The first-order valence-corrected chi connectivity index (χ1v) is 5.28. The molecule has 1 rings (SSSR count). The van der Waals surface area contributed by atoms with E-state index in [1.54, 1.807) is 20.8 Å². The van der Waals surface area contributed by atoms with Crippen LogP contribution in [-0.4, -0.2) is 37.8 Å². The Balaban J connectivity index is 2.72. The predicted molar refractivity (Wildman–Crippen MR) is 59.0 cm³/mol. The van der Waals surface area contributed by atoms with Crippen LogP contribution in [0.15, 0.2) is 0 Å². The highest BCUT2D eigenvalue weighted by molar-refractivity contribution is 5.90. The van der Waals surface area contributed by atoms with Crippen molar-refractivity contribution < 1.29 is 9.90 Å². The Labute approximate surface area is 94.5 Å². The molecule has 0 fully saturated rings. The zero-order chi connectivity index (χ0) is 12.3. The third-order valence-corrected chi connectivity index (χ3v) is 2.55. The molecule has 0 aromatic carbocycles. The minimum atomic E-state index is -0.704. The largest absolute Gasteiger partial charge is 0.391 e. The first-order valence-electron chi connectivity index (χ1n) is 5.28. The minimum absolute atomic E-state index is 0.102. The van der Waals surface area contributed by atoms with Crippen LogP contribution in [-0.2, 0) is 6.42 Å². The fourth-order valence-electron chi connectivity index (χ4n) is 1.01. The van der Waals surface area contributed by atoms with Crippen LogP contribution in [0.3, 0.4) is 0 Å². The van der Waals surface area contributed by atoms with E-state index in [0.29, 0.717) is 12.2 Å². The summed E-state index contributed by atoms with van der Waals surface area (Å²) in [6.07, 6.45) is 0.0427. The average Bonchev–Trinajstić information content (AvgIpc) is 2.64. The van der Waals surface area contributed by atoms with Gasteiger partial charge >= 0.3 is 0 Å². The van der Waals surface area contributed by atoms with Gasteiger partial charge in [-0.3, -0.25) is 9.89 Å². The summed E-state index contributed by atoms with van der Waals surface area (Å²) < 4.78 is 0. The van der Waals surface area contributed by atoms with Crippen molar-refractivity contribution in [2.45, 2.75) is 45.8 Å². The molecule has 1 heterocycles. The number of aromatic amines is 1. The molecule has 1 aromatic heterocycles. The molecule has 0 aliphatic rings. The van der Waals surface area contributed by atoms with E-state index in [1.165, 1.54) is 0 Å². The van der Waals surface area contributed by atoms with Crippen LogP contribution in [0.5, 0.6) is 0 Å². The zero-order valence-corrected chi connectivity index (χ0v) is 10.0. The van der Waals surface area contributed by atoms with Crippen LogP contribution >= 0.6 is 0 Å². The molecular formula is C10H18N4O2. The van der Waals surface area contributed by atoms with Gasteiger partial charge in [-0.15, -0.1) is 5.10 Å². The predicted octanol–water partition coefficient (Wildman–Crippen LogP) is 0.256. The van der Waals surface area contributed by atoms with E-state index in [2.05, 4.69) is 20.5 Å². The van der Waals surface area contributed by atoms with Crippen molar-refractivity contribution in [2.75, 3.05) is 0 Å². The summed E-state index contributed by atoms with van der Waals surface area (Å²) >= 11 is 0. The molecule has 0 radical (unpaired) electrons. The van der Waals surface area contributed by atoms with Gasteiger partial charge in [-0.25, -0.2) is 4.98 Å². The number of hydrogen-bond donors (Lipinski definition) is 3. The second-order valence-electron chi connectivity index (χ2n) is 4.31. The molecule has 1 amide bonds. The molecule has 1 unspecified atom stereocenters. The van der Waals surface area contributed by atoms with Crippen molar-refractivity contribution in [1.29, 1.82) is 0 Å². The molecule has 6 heteroatoms. The van der Waals surface area contributed by atoms with E-state index in [9.17, 15) is 9.90 Å². The van der Waals surface area contributed by atoms with Crippen LogP contribution in [0.1, 0.15) is 44.1 Å². The van der Waals surface area contributed by atoms with E-state index in [1.807, 2.05) is 6.92 Å². The maximum Gasteiger partial charge on any atom is 0.291 e. The molecule has 0 saturated heterocycles. The van der Waals surface area contributed by atoms with Crippen LogP contribution in [0.2, 0.25) is 0 Å². The van der Waals surface area contributed by atoms with Crippen LogP contribution in [0, 0.1) is 0 Å². The van der Waals surface area contributed by atoms with E-state index in [0.717, 1.165) is 0 Å². The Morgan fingerprint density at radius 2 is 2.25 bits per heavy atom. The minimum Gasteiger partial charge on any atom is -0.391 e. The average molecular weight is 226 g/mol. The molecule has 0 aliphatic heterocycles. The Morgan fingerprint density at radius 3 is 2.69 bits per heavy atom. The van der Waals surface area contributed by atoms with Crippen LogP contribution in [0.4, 0.5) is 0 Å². The Bertz CT molecular complexity index is 371. The molecule has 16 heavy (non-hydrogen) atoms. The van der Waals surface area contributed by atoms with E-state index >= 15 is 0 Å². The van der Waals surface area contributed by atoms with Gasteiger partial charge in [0.1, 0.15) is 5.82 Å². The number of amides is 1. The van der Waals surface area contributed by atoms with Gasteiger partial charge < -0.3 is 10.4 Å². The summed E-state index contributed by atoms with van der Waals surface area (Å²) in [7, 11) is 0. The number of H-pyrrole nitrogens is 1. The number of carbonyl (C=O) groups is 1. The lowest BCUT2D eigenvalue weighted by Crippen LogP contribution is -2.51. The number of aromatic nitrogens is 3. The summed E-state index contributed by atoms with van der Waals surface area (Å²) in [5, 5.41) is 18.6. The number of nitrogens with one attached hydrogen (secondary N) is 2. The van der Waals surface area contributed by atoms with Crippen molar-refractivity contribution in [3.05, 3.63) is 11.6 Å². The zero-order valence-electron chi connectivity index (χ0n) is 10.0. The third kappa shape index (κ3) is 2.79. The van der Waals surface area contributed by atoms with Crippen molar-refractivity contribution >= 4 is 5.91 Å². The Kier molecular flexibility index (Phi) is 3.64. The smallest absolute Gasteiger partial charge is 0.291 e. The number of carbonyl (C=O) groups excluding carboxylic acids is 1.